The molecular weight excluding hydrogens is 315 g/mol. The van der Waals surface area contributed by atoms with Gasteiger partial charge < -0.3 is 14.8 Å². The SMILES string of the molecule is COc1cc(NCC(C)c2ccccc2OC)c([N+](=O)[O-])cc1F. The van der Waals surface area contributed by atoms with E-state index in [1.54, 1.807) is 7.11 Å². The van der Waals surface area contributed by atoms with Crippen LogP contribution in [0.5, 0.6) is 11.5 Å². The molecule has 0 aliphatic heterocycles. The Balaban J connectivity index is 2.23. The van der Waals surface area contributed by atoms with Crippen LogP contribution in [-0.2, 0) is 0 Å². The van der Waals surface area contributed by atoms with Crippen LogP contribution in [0.3, 0.4) is 0 Å². The summed E-state index contributed by atoms with van der Waals surface area (Å²) in [6.07, 6.45) is 0. The Kier molecular flexibility index (Phi) is 5.57. The summed E-state index contributed by atoms with van der Waals surface area (Å²) in [4.78, 5) is 10.5. The van der Waals surface area contributed by atoms with Crippen LogP contribution in [0.25, 0.3) is 0 Å². The summed E-state index contributed by atoms with van der Waals surface area (Å²) in [5.74, 6) is -0.0460. The Bertz CT molecular complexity index is 737. The Labute approximate surface area is 139 Å². The van der Waals surface area contributed by atoms with Crippen molar-refractivity contribution in [3.63, 3.8) is 0 Å². The number of benzene rings is 2. The Morgan fingerprint density at radius 3 is 2.50 bits per heavy atom. The average Bonchev–Trinajstić information content (AvgIpc) is 2.59. The zero-order valence-corrected chi connectivity index (χ0v) is 13.7. The maximum Gasteiger partial charge on any atom is 0.295 e. The Hall–Kier alpha value is -2.83. The summed E-state index contributed by atoms with van der Waals surface area (Å²) in [5.41, 5.74) is 0.852. The molecule has 7 heteroatoms. The highest BCUT2D eigenvalue weighted by Gasteiger charge is 2.20. The van der Waals surface area contributed by atoms with Crippen molar-refractivity contribution in [1.82, 2.24) is 0 Å². The van der Waals surface area contributed by atoms with Crippen molar-refractivity contribution in [2.75, 3.05) is 26.1 Å². The van der Waals surface area contributed by atoms with Crippen molar-refractivity contribution in [3.05, 3.63) is 57.9 Å². The Morgan fingerprint density at radius 1 is 1.21 bits per heavy atom. The van der Waals surface area contributed by atoms with Gasteiger partial charge in [0.1, 0.15) is 11.4 Å². The lowest BCUT2D eigenvalue weighted by atomic mass is 10.00. The first-order valence-electron chi connectivity index (χ1n) is 7.36. The van der Waals surface area contributed by atoms with E-state index < -0.39 is 10.7 Å². The van der Waals surface area contributed by atoms with Gasteiger partial charge in [-0.15, -0.1) is 0 Å². The number of nitrogens with one attached hydrogen (secondary N) is 1. The molecule has 0 amide bonds. The molecule has 2 aromatic carbocycles. The summed E-state index contributed by atoms with van der Waals surface area (Å²) >= 11 is 0. The predicted octanol–water partition coefficient (Wildman–Crippen LogP) is 3.97. The summed E-state index contributed by atoms with van der Waals surface area (Å²) in [6.45, 7) is 2.38. The second-order valence-electron chi connectivity index (χ2n) is 5.28. The van der Waals surface area contributed by atoms with Gasteiger partial charge in [0, 0.05) is 18.5 Å². The number of anilines is 1. The number of hydrogen-bond donors (Lipinski definition) is 1. The number of ether oxygens (including phenoxy) is 2. The van der Waals surface area contributed by atoms with Crippen molar-refractivity contribution in [2.24, 2.45) is 0 Å². The molecule has 1 unspecified atom stereocenters. The van der Waals surface area contributed by atoms with Gasteiger partial charge in [0.25, 0.3) is 5.69 Å². The topological polar surface area (TPSA) is 73.6 Å². The number of nitro benzene ring substituents is 1. The van der Waals surface area contributed by atoms with Crippen LogP contribution in [0.4, 0.5) is 15.8 Å². The maximum atomic E-state index is 13.7. The first-order chi connectivity index (χ1) is 11.5. The average molecular weight is 334 g/mol. The standard InChI is InChI=1S/C17H19FN2O4/c1-11(12-6-4-5-7-16(12)23-2)10-19-14-9-17(24-3)13(18)8-15(14)20(21)22/h4-9,11,19H,10H2,1-3H3. The van der Waals surface area contributed by atoms with Crippen LogP contribution < -0.4 is 14.8 Å². The molecule has 0 fully saturated rings. The molecule has 24 heavy (non-hydrogen) atoms. The fourth-order valence-corrected chi connectivity index (χ4v) is 2.44. The van der Waals surface area contributed by atoms with E-state index in [1.807, 2.05) is 31.2 Å². The molecule has 0 aliphatic carbocycles. The lowest BCUT2D eigenvalue weighted by Gasteiger charge is -2.17. The number of nitro groups is 1. The highest BCUT2D eigenvalue weighted by molar-refractivity contribution is 5.64. The highest BCUT2D eigenvalue weighted by Crippen LogP contribution is 2.33. The van der Waals surface area contributed by atoms with Crippen molar-refractivity contribution in [2.45, 2.75) is 12.8 Å². The zero-order valence-electron chi connectivity index (χ0n) is 13.7. The van der Waals surface area contributed by atoms with Crippen LogP contribution in [0.2, 0.25) is 0 Å². The van der Waals surface area contributed by atoms with Crippen LogP contribution in [0, 0.1) is 15.9 Å². The number of rotatable bonds is 7. The van der Waals surface area contributed by atoms with E-state index in [0.29, 0.717) is 6.54 Å². The number of hydrogen-bond acceptors (Lipinski definition) is 5. The highest BCUT2D eigenvalue weighted by atomic mass is 19.1. The van der Waals surface area contributed by atoms with Crippen LogP contribution in [0.1, 0.15) is 18.4 Å². The summed E-state index contributed by atoms with van der Waals surface area (Å²) in [7, 11) is 2.90. The van der Waals surface area contributed by atoms with Gasteiger partial charge in [-0.3, -0.25) is 10.1 Å². The molecule has 0 aliphatic rings. The summed E-state index contributed by atoms with van der Waals surface area (Å²) < 4.78 is 23.9. The molecule has 2 rings (SSSR count). The molecule has 1 atom stereocenters. The van der Waals surface area contributed by atoms with Gasteiger partial charge in [-0.1, -0.05) is 25.1 Å². The molecule has 0 bridgehead atoms. The summed E-state index contributed by atoms with van der Waals surface area (Å²) in [5, 5.41) is 14.1. The minimum Gasteiger partial charge on any atom is -0.496 e. The molecule has 0 saturated heterocycles. The van der Waals surface area contributed by atoms with Gasteiger partial charge in [-0.05, 0) is 11.6 Å². The second kappa shape index (κ2) is 7.63. The van der Waals surface area contributed by atoms with Crippen LogP contribution in [0.15, 0.2) is 36.4 Å². The fourth-order valence-electron chi connectivity index (χ4n) is 2.44. The number of halogens is 1. The third-order valence-electron chi connectivity index (χ3n) is 3.74. The predicted molar refractivity (Wildman–Crippen MR) is 89.5 cm³/mol. The molecule has 6 nitrogen and oxygen atoms in total. The summed E-state index contributed by atoms with van der Waals surface area (Å²) in [6, 6.07) is 9.72. The molecule has 2 aromatic rings. The van der Waals surface area contributed by atoms with E-state index in [0.717, 1.165) is 17.4 Å². The second-order valence-corrected chi connectivity index (χ2v) is 5.28. The minimum atomic E-state index is -0.771. The molecule has 1 N–H and O–H groups in total. The lowest BCUT2D eigenvalue weighted by Crippen LogP contribution is -2.12. The first-order valence-corrected chi connectivity index (χ1v) is 7.36. The molecule has 0 spiro atoms. The van der Waals surface area contributed by atoms with E-state index in [2.05, 4.69) is 5.32 Å². The van der Waals surface area contributed by atoms with Crippen LogP contribution >= 0.6 is 0 Å². The number of nitrogens with zero attached hydrogens (tertiary/aromatic N) is 1. The molecule has 0 saturated carbocycles. The van der Waals surface area contributed by atoms with Gasteiger partial charge in [0.05, 0.1) is 25.2 Å². The number of para-hydroxylation sites is 1. The van der Waals surface area contributed by atoms with E-state index in [4.69, 9.17) is 9.47 Å². The third-order valence-corrected chi connectivity index (χ3v) is 3.74. The van der Waals surface area contributed by atoms with E-state index in [9.17, 15) is 14.5 Å². The monoisotopic (exact) mass is 334 g/mol. The van der Waals surface area contributed by atoms with Gasteiger partial charge in [0.15, 0.2) is 11.6 Å². The van der Waals surface area contributed by atoms with Crippen LogP contribution in [-0.4, -0.2) is 25.7 Å². The normalized spacial score (nSPS) is 11.7. The van der Waals surface area contributed by atoms with Crippen molar-refractivity contribution in [3.8, 4) is 11.5 Å². The minimum absolute atomic E-state index is 0.0248. The van der Waals surface area contributed by atoms with Gasteiger partial charge in [-0.2, -0.15) is 0 Å². The quantitative estimate of drug-likeness (QED) is 0.613. The molecule has 0 aromatic heterocycles. The van der Waals surface area contributed by atoms with Gasteiger partial charge >= 0.3 is 0 Å². The van der Waals surface area contributed by atoms with Crippen molar-refractivity contribution in [1.29, 1.82) is 0 Å². The van der Waals surface area contributed by atoms with E-state index in [1.165, 1.54) is 13.2 Å². The maximum absolute atomic E-state index is 13.7. The Morgan fingerprint density at radius 2 is 1.88 bits per heavy atom. The van der Waals surface area contributed by atoms with Crippen molar-refractivity contribution >= 4 is 11.4 Å². The number of methoxy groups -OCH3 is 2. The smallest absolute Gasteiger partial charge is 0.295 e. The molecular formula is C17H19FN2O4. The van der Waals surface area contributed by atoms with Gasteiger partial charge in [0.2, 0.25) is 0 Å². The fraction of sp³-hybridized carbons (Fsp3) is 0.294. The third kappa shape index (κ3) is 3.73. The molecule has 128 valence electrons. The largest absolute Gasteiger partial charge is 0.496 e. The zero-order chi connectivity index (χ0) is 17.7. The molecule has 0 radical (unpaired) electrons. The molecule has 0 heterocycles. The lowest BCUT2D eigenvalue weighted by molar-refractivity contribution is -0.384. The first kappa shape index (κ1) is 17.5. The van der Waals surface area contributed by atoms with Gasteiger partial charge in [-0.25, -0.2) is 4.39 Å². The van der Waals surface area contributed by atoms with E-state index in [-0.39, 0.29) is 23.0 Å². The van der Waals surface area contributed by atoms with Crippen molar-refractivity contribution < 1.29 is 18.8 Å². The van der Waals surface area contributed by atoms with E-state index >= 15 is 0 Å².